The molecule has 0 fully saturated rings. The maximum Gasteiger partial charge on any atom is 0.0465 e. The van der Waals surface area contributed by atoms with Crippen molar-refractivity contribution in [2.45, 2.75) is 19.8 Å². The molecule has 1 rings (SSSR count). The van der Waals surface area contributed by atoms with Gasteiger partial charge in [-0.25, -0.2) is 0 Å². The number of ether oxygens (including phenoxy) is 1. The zero-order valence-corrected chi connectivity index (χ0v) is 12.3. The average Bonchev–Trinajstić information content (AvgIpc) is 2.35. The molecule has 1 atom stereocenters. The minimum Gasteiger partial charge on any atom is -0.385 e. The van der Waals surface area contributed by atoms with Gasteiger partial charge >= 0.3 is 0 Å². The van der Waals surface area contributed by atoms with Gasteiger partial charge in [0.25, 0.3) is 0 Å². The Balaban J connectivity index is 2.55. The van der Waals surface area contributed by atoms with E-state index in [0.29, 0.717) is 5.92 Å². The van der Waals surface area contributed by atoms with Gasteiger partial charge in [0.15, 0.2) is 0 Å². The highest BCUT2D eigenvalue weighted by atomic mass is 79.9. The molecule has 1 unspecified atom stereocenters. The minimum absolute atomic E-state index is 0.633. The summed E-state index contributed by atoms with van der Waals surface area (Å²) >= 11 is 3.61. The fourth-order valence-corrected chi connectivity index (χ4v) is 2.33. The third-order valence-corrected chi connectivity index (χ3v) is 3.65. The zero-order chi connectivity index (χ0) is 12.5. The Morgan fingerprint density at radius 3 is 2.76 bits per heavy atom. The van der Waals surface area contributed by atoms with E-state index in [4.69, 9.17) is 4.74 Å². The molecule has 0 saturated carbocycles. The third kappa shape index (κ3) is 5.66. The Bertz CT molecular complexity index is 309. The molecule has 1 N–H and O–H groups in total. The van der Waals surface area contributed by atoms with Gasteiger partial charge in [0.2, 0.25) is 0 Å². The van der Waals surface area contributed by atoms with Crippen LogP contribution in [0, 0.1) is 5.92 Å². The SMILES string of the molecule is CCNCC(CCOC)Cc1ccccc1Br. The molecule has 1 aromatic carbocycles. The second-order valence-electron chi connectivity index (χ2n) is 4.25. The summed E-state index contributed by atoms with van der Waals surface area (Å²) in [6, 6.07) is 8.45. The van der Waals surface area contributed by atoms with E-state index in [1.807, 2.05) is 0 Å². The van der Waals surface area contributed by atoms with Crippen LogP contribution in [0.4, 0.5) is 0 Å². The lowest BCUT2D eigenvalue weighted by Crippen LogP contribution is -2.25. The van der Waals surface area contributed by atoms with Crippen molar-refractivity contribution >= 4 is 15.9 Å². The highest BCUT2D eigenvalue weighted by Gasteiger charge is 2.10. The van der Waals surface area contributed by atoms with E-state index in [1.165, 1.54) is 10.0 Å². The molecule has 0 amide bonds. The van der Waals surface area contributed by atoms with Crippen LogP contribution in [-0.2, 0) is 11.2 Å². The van der Waals surface area contributed by atoms with Crippen LogP contribution in [0.15, 0.2) is 28.7 Å². The summed E-state index contributed by atoms with van der Waals surface area (Å²) < 4.78 is 6.39. The van der Waals surface area contributed by atoms with E-state index in [9.17, 15) is 0 Å². The van der Waals surface area contributed by atoms with Crippen molar-refractivity contribution in [1.29, 1.82) is 0 Å². The Labute approximate surface area is 113 Å². The molecule has 3 heteroatoms. The van der Waals surface area contributed by atoms with Crippen LogP contribution < -0.4 is 5.32 Å². The van der Waals surface area contributed by atoms with Gasteiger partial charge in [0.1, 0.15) is 0 Å². The molecule has 0 heterocycles. The molecule has 0 aliphatic rings. The normalized spacial score (nSPS) is 12.6. The quantitative estimate of drug-likeness (QED) is 0.795. The van der Waals surface area contributed by atoms with Crippen LogP contribution in [0.1, 0.15) is 18.9 Å². The first-order valence-corrected chi connectivity index (χ1v) is 7.00. The molecule has 1 aromatic rings. The van der Waals surface area contributed by atoms with Crippen LogP contribution >= 0.6 is 15.9 Å². The number of rotatable bonds is 8. The van der Waals surface area contributed by atoms with E-state index in [1.54, 1.807) is 7.11 Å². The van der Waals surface area contributed by atoms with Crippen LogP contribution in [0.5, 0.6) is 0 Å². The monoisotopic (exact) mass is 299 g/mol. The van der Waals surface area contributed by atoms with Gasteiger partial charge in [0, 0.05) is 18.2 Å². The van der Waals surface area contributed by atoms with E-state index in [-0.39, 0.29) is 0 Å². The van der Waals surface area contributed by atoms with Crippen molar-refractivity contribution in [2.24, 2.45) is 5.92 Å². The van der Waals surface area contributed by atoms with Crippen LogP contribution in [0.3, 0.4) is 0 Å². The Kier molecular flexibility index (Phi) is 7.49. The lowest BCUT2D eigenvalue weighted by molar-refractivity contribution is 0.176. The largest absolute Gasteiger partial charge is 0.385 e. The van der Waals surface area contributed by atoms with Gasteiger partial charge in [0.05, 0.1) is 0 Å². The molecule has 0 spiro atoms. The molecule has 2 nitrogen and oxygen atoms in total. The van der Waals surface area contributed by atoms with E-state index in [0.717, 1.165) is 32.5 Å². The Morgan fingerprint density at radius 1 is 1.35 bits per heavy atom. The standard InChI is InChI=1S/C14H22BrNO/c1-3-16-11-12(8-9-17-2)10-13-6-4-5-7-14(13)15/h4-7,12,16H,3,8-11H2,1-2H3. The summed E-state index contributed by atoms with van der Waals surface area (Å²) in [7, 11) is 1.77. The van der Waals surface area contributed by atoms with Crippen molar-refractivity contribution < 1.29 is 4.74 Å². The smallest absolute Gasteiger partial charge is 0.0465 e. The maximum atomic E-state index is 5.18. The third-order valence-electron chi connectivity index (χ3n) is 2.88. The number of methoxy groups -OCH3 is 1. The van der Waals surface area contributed by atoms with Gasteiger partial charge in [-0.3, -0.25) is 0 Å². The highest BCUT2D eigenvalue weighted by molar-refractivity contribution is 9.10. The van der Waals surface area contributed by atoms with Crippen molar-refractivity contribution in [3.8, 4) is 0 Å². The van der Waals surface area contributed by atoms with Crippen molar-refractivity contribution in [1.82, 2.24) is 5.32 Å². The average molecular weight is 300 g/mol. The Morgan fingerprint density at radius 2 is 2.12 bits per heavy atom. The summed E-state index contributed by atoms with van der Waals surface area (Å²) in [5.74, 6) is 0.633. The first-order chi connectivity index (χ1) is 8.27. The van der Waals surface area contributed by atoms with Crippen molar-refractivity contribution in [3.05, 3.63) is 34.3 Å². The second-order valence-corrected chi connectivity index (χ2v) is 5.11. The maximum absolute atomic E-state index is 5.18. The van der Waals surface area contributed by atoms with E-state index in [2.05, 4.69) is 52.4 Å². The zero-order valence-electron chi connectivity index (χ0n) is 10.7. The molecule has 0 bridgehead atoms. The fraction of sp³-hybridized carbons (Fsp3) is 0.571. The molecule has 0 aliphatic heterocycles. The van der Waals surface area contributed by atoms with Crippen LogP contribution in [-0.4, -0.2) is 26.8 Å². The molecule has 96 valence electrons. The van der Waals surface area contributed by atoms with Gasteiger partial charge in [-0.2, -0.15) is 0 Å². The molecule has 0 aliphatic carbocycles. The second kappa shape index (κ2) is 8.67. The fourth-order valence-electron chi connectivity index (χ4n) is 1.88. The number of nitrogens with one attached hydrogen (secondary N) is 1. The summed E-state index contributed by atoms with van der Waals surface area (Å²) in [6.07, 6.45) is 2.20. The van der Waals surface area contributed by atoms with Crippen LogP contribution in [0.2, 0.25) is 0 Å². The minimum atomic E-state index is 0.633. The van der Waals surface area contributed by atoms with Gasteiger partial charge < -0.3 is 10.1 Å². The summed E-state index contributed by atoms with van der Waals surface area (Å²) in [6.45, 7) is 5.06. The van der Waals surface area contributed by atoms with Gasteiger partial charge in [-0.1, -0.05) is 41.1 Å². The molecule has 0 saturated heterocycles. The number of benzene rings is 1. The number of hydrogen-bond donors (Lipinski definition) is 1. The van der Waals surface area contributed by atoms with E-state index >= 15 is 0 Å². The first kappa shape index (κ1) is 14.7. The molecule has 0 radical (unpaired) electrons. The lowest BCUT2D eigenvalue weighted by atomic mass is 9.96. The summed E-state index contributed by atoms with van der Waals surface area (Å²) in [5.41, 5.74) is 1.38. The van der Waals surface area contributed by atoms with E-state index < -0.39 is 0 Å². The van der Waals surface area contributed by atoms with Crippen molar-refractivity contribution in [2.75, 3.05) is 26.8 Å². The Hall–Kier alpha value is -0.380. The number of hydrogen-bond acceptors (Lipinski definition) is 2. The summed E-state index contributed by atoms with van der Waals surface area (Å²) in [4.78, 5) is 0. The lowest BCUT2D eigenvalue weighted by Gasteiger charge is -2.17. The van der Waals surface area contributed by atoms with Gasteiger partial charge in [-0.05, 0) is 43.5 Å². The number of halogens is 1. The molecular formula is C14H22BrNO. The van der Waals surface area contributed by atoms with Crippen LogP contribution in [0.25, 0.3) is 0 Å². The van der Waals surface area contributed by atoms with Gasteiger partial charge in [-0.15, -0.1) is 0 Å². The topological polar surface area (TPSA) is 21.3 Å². The highest BCUT2D eigenvalue weighted by Crippen LogP contribution is 2.20. The first-order valence-electron chi connectivity index (χ1n) is 6.21. The predicted octanol–water partition coefficient (Wildman–Crippen LogP) is 3.25. The molecular weight excluding hydrogens is 278 g/mol. The molecule has 0 aromatic heterocycles. The summed E-state index contributed by atoms with van der Waals surface area (Å²) in [5, 5.41) is 3.43. The molecule has 17 heavy (non-hydrogen) atoms. The predicted molar refractivity (Wildman–Crippen MR) is 76.4 cm³/mol. The van der Waals surface area contributed by atoms with Crippen molar-refractivity contribution in [3.63, 3.8) is 0 Å².